The zero-order valence-electron chi connectivity index (χ0n) is 13.2. The van der Waals surface area contributed by atoms with Crippen molar-refractivity contribution in [2.45, 2.75) is 25.3 Å². The van der Waals surface area contributed by atoms with Crippen LogP contribution >= 0.6 is 0 Å². The van der Waals surface area contributed by atoms with E-state index in [1.165, 1.54) is 0 Å². The summed E-state index contributed by atoms with van der Waals surface area (Å²) in [7, 11) is 0. The predicted molar refractivity (Wildman–Crippen MR) is 90.6 cm³/mol. The number of para-hydroxylation sites is 1. The highest BCUT2D eigenvalue weighted by molar-refractivity contribution is 5.75. The van der Waals surface area contributed by atoms with Gasteiger partial charge in [-0.05, 0) is 43.5 Å². The van der Waals surface area contributed by atoms with Crippen molar-refractivity contribution in [3.05, 3.63) is 66.2 Å². The Hall–Kier alpha value is -2.33. The molecule has 1 atom stereocenters. The van der Waals surface area contributed by atoms with Crippen LogP contribution in [-0.4, -0.2) is 24.2 Å². The number of benzene rings is 2. The van der Waals surface area contributed by atoms with Crippen LogP contribution in [0.5, 0.6) is 5.75 Å². The average molecular weight is 313 g/mol. The Labute approximate surface area is 137 Å². The van der Waals surface area contributed by atoms with Gasteiger partial charge in [0.25, 0.3) is 0 Å². The van der Waals surface area contributed by atoms with Gasteiger partial charge >= 0.3 is 5.97 Å². The van der Waals surface area contributed by atoms with Crippen LogP contribution in [0.3, 0.4) is 0 Å². The lowest BCUT2D eigenvalue weighted by Gasteiger charge is -2.14. The smallest absolute Gasteiger partial charge is 0.325 e. The number of carboxylic acid groups (broad SMARTS) is 1. The molecule has 0 heterocycles. The molecular weight excluding hydrogens is 290 g/mol. The van der Waals surface area contributed by atoms with Gasteiger partial charge in [-0.25, -0.2) is 0 Å². The number of rotatable bonds is 10. The molecule has 0 amide bonds. The highest BCUT2D eigenvalue weighted by Crippen LogP contribution is 2.13. The Kier molecular flexibility index (Phi) is 7.14. The summed E-state index contributed by atoms with van der Waals surface area (Å²) >= 11 is 0. The number of hydrogen-bond acceptors (Lipinski definition) is 3. The van der Waals surface area contributed by atoms with Crippen LogP contribution in [-0.2, 0) is 4.79 Å². The molecule has 0 bridgehead atoms. The third-order valence-electron chi connectivity index (χ3n) is 3.56. The van der Waals surface area contributed by atoms with E-state index in [1.807, 2.05) is 60.7 Å². The van der Waals surface area contributed by atoms with Gasteiger partial charge in [0.1, 0.15) is 11.8 Å². The molecule has 2 rings (SSSR count). The van der Waals surface area contributed by atoms with E-state index in [2.05, 4.69) is 5.32 Å². The lowest BCUT2D eigenvalue weighted by molar-refractivity contribution is -0.139. The summed E-state index contributed by atoms with van der Waals surface area (Å²) in [4.78, 5) is 11.3. The van der Waals surface area contributed by atoms with Crippen molar-refractivity contribution in [2.24, 2.45) is 0 Å². The van der Waals surface area contributed by atoms with Crippen molar-refractivity contribution in [1.82, 2.24) is 5.32 Å². The van der Waals surface area contributed by atoms with Gasteiger partial charge in [0.05, 0.1) is 6.61 Å². The number of ether oxygens (including phenoxy) is 1. The van der Waals surface area contributed by atoms with E-state index in [-0.39, 0.29) is 0 Å². The first-order chi connectivity index (χ1) is 11.3. The molecule has 0 saturated carbocycles. The molecule has 0 aliphatic carbocycles. The van der Waals surface area contributed by atoms with Gasteiger partial charge in [0.15, 0.2) is 0 Å². The van der Waals surface area contributed by atoms with E-state index in [0.717, 1.165) is 30.6 Å². The topological polar surface area (TPSA) is 58.6 Å². The van der Waals surface area contributed by atoms with Crippen molar-refractivity contribution < 1.29 is 14.6 Å². The van der Waals surface area contributed by atoms with Crippen LogP contribution in [0.4, 0.5) is 0 Å². The van der Waals surface area contributed by atoms with E-state index in [0.29, 0.717) is 13.2 Å². The minimum absolute atomic E-state index is 0.642. The minimum atomic E-state index is -0.844. The number of aliphatic carboxylic acids is 1. The fraction of sp³-hybridized carbons (Fsp3) is 0.316. The van der Waals surface area contributed by atoms with Gasteiger partial charge < -0.3 is 15.2 Å². The molecule has 0 saturated heterocycles. The number of unbranched alkanes of at least 4 members (excludes halogenated alkanes) is 2. The molecule has 0 aliphatic rings. The fourth-order valence-corrected chi connectivity index (χ4v) is 2.35. The van der Waals surface area contributed by atoms with Crippen LogP contribution in [0.15, 0.2) is 60.7 Å². The molecule has 2 aromatic carbocycles. The highest BCUT2D eigenvalue weighted by Gasteiger charge is 2.17. The van der Waals surface area contributed by atoms with Crippen LogP contribution in [0.2, 0.25) is 0 Å². The van der Waals surface area contributed by atoms with Gasteiger partial charge in [-0.3, -0.25) is 4.79 Å². The summed E-state index contributed by atoms with van der Waals surface area (Å²) < 4.78 is 5.63. The second-order valence-electron chi connectivity index (χ2n) is 5.36. The van der Waals surface area contributed by atoms with Crippen LogP contribution in [0.25, 0.3) is 0 Å². The van der Waals surface area contributed by atoms with Gasteiger partial charge in [-0.2, -0.15) is 0 Å². The Bertz CT molecular complexity index is 572. The Balaban J connectivity index is 1.61. The second-order valence-corrected chi connectivity index (χ2v) is 5.36. The monoisotopic (exact) mass is 313 g/mol. The third kappa shape index (κ3) is 6.12. The zero-order chi connectivity index (χ0) is 16.3. The minimum Gasteiger partial charge on any atom is -0.494 e. The van der Waals surface area contributed by atoms with Crippen molar-refractivity contribution in [3.8, 4) is 5.75 Å². The lowest BCUT2D eigenvalue weighted by atomic mass is 10.1. The maximum atomic E-state index is 11.3. The molecule has 0 spiro atoms. The largest absolute Gasteiger partial charge is 0.494 e. The number of nitrogens with one attached hydrogen (secondary N) is 1. The van der Waals surface area contributed by atoms with E-state index < -0.39 is 12.0 Å². The molecule has 0 radical (unpaired) electrons. The zero-order valence-corrected chi connectivity index (χ0v) is 13.2. The van der Waals surface area contributed by atoms with Crippen molar-refractivity contribution >= 4 is 5.97 Å². The van der Waals surface area contributed by atoms with E-state index >= 15 is 0 Å². The summed E-state index contributed by atoms with van der Waals surface area (Å²) in [5.74, 6) is 0.0456. The molecule has 23 heavy (non-hydrogen) atoms. The quantitative estimate of drug-likeness (QED) is 0.657. The van der Waals surface area contributed by atoms with E-state index in [1.54, 1.807) is 0 Å². The molecule has 4 heteroatoms. The van der Waals surface area contributed by atoms with Gasteiger partial charge in [-0.1, -0.05) is 48.5 Å². The fourth-order valence-electron chi connectivity index (χ4n) is 2.35. The normalized spacial score (nSPS) is 11.8. The SMILES string of the molecule is O=C(O)[C@H](NCCCCCOc1ccccc1)c1ccccc1. The first kappa shape index (κ1) is 17.0. The third-order valence-corrected chi connectivity index (χ3v) is 3.56. The maximum absolute atomic E-state index is 11.3. The van der Waals surface area contributed by atoms with E-state index in [4.69, 9.17) is 4.74 Å². The van der Waals surface area contributed by atoms with Crippen molar-refractivity contribution in [3.63, 3.8) is 0 Å². The van der Waals surface area contributed by atoms with Gasteiger partial charge in [0, 0.05) is 0 Å². The first-order valence-corrected chi connectivity index (χ1v) is 7.96. The maximum Gasteiger partial charge on any atom is 0.325 e. The molecule has 2 N–H and O–H groups in total. The molecule has 0 aliphatic heterocycles. The van der Waals surface area contributed by atoms with E-state index in [9.17, 15) is 9.90 Å². The standard InChI is InChI=1S/C19H23NO3/c21-19(22)18(16-10-4-1-5-11-16)20-14-8-3-9-15-23-17-12-6-2-7-13-17/h1-2,4-7,10-13,18,20H,3,8-9,14-15H2,(H,21,22)/t18-/m1/s1. The molecule has 0 aromatic heterocycles. The summed E-state index contributed by atoms with van der Waals surface area (Å²) in [5, 5.41) is 12.4. The molecule has 122 valence electrons. The van der Waals surface area contributed by atoms with Crippen LogP contribution in [0.1, 0.15) is 30.9 Å². The van der Waals surface area contributed by atoms with Gasteiger partial charge in [0.2, 0.25) is 0 Å². The molecule has 2 aromatic rings. The van der Waals surface area contributed by atoms with Crippen molar-refractivity contribution in [1.29, 1.82) is 0 Å². The summed E-state index contributed by atoms with van der Waals surface area (Å²) in [6, 6.07) is 18.4. The predicted octanol–water partition coefficient (Wildman–Crippen LogP) is 3.65. The number of carboxylic acids is 1. The van der Waals surface area contributed by atoms with Crippen molar-refractivity contribution in [2.75, 3.05) is 13.2 Å². The van der Waals surface area contributed by atoms with Crippen LogP contribution in [0, 0.1) is 0 Å². The molecular formula is C19H23NO3. The first-order valence-electron chi connectivity index (χ1n) is 7.96. The van der Waals surface area contributed by atoms with Gasteiger partial charge in [-0.15, -0.1) is 0 Å². The van der Waals surface area contributed by atoms with Crippen LogP contribution < -0.4 is 10.1 Å². The summed E-state index contributed by atoms with van der Waals surface area (Å²) in [6.45, 7) is 1.36. The molecule has 0 fully saturated rings. The molecule has 4 nitrogen and oxygen atoms in total. The molecule has 0 unspecified atom stereocenters. The number of hydrogen-bond donors (Lipinski definition) is 2. The lowest BCUT2D eigenvalue weighted by Crippen LogP contribution is -2.29. The Morgan fingerprint density at radius 3 is 2.26 bits per heavy atom. The Morgan fingerprint density at radius 2 is 1.61 bits per heavy atom. The summed E-state index contributed by atoms with van der Waals surface area (Å²) in [6.07, 6.45) is 2.88. The second kappa shape index (κ2) is 9.64. The highest BCUT2D eigenvalue weighted by atomic mass is 16.5. The Morgan fingerprint density at radius 1 is 0.957 bits per heavy atom. The summed E-state index contributed by atoms with van der Waals surface area (Å²) in [5.41, 5.74) is 0.785. The number of carbonyl (C=O) groups is 1. The average Bonchev–Trinajstić information content (AvgIpc) is 2.58.